The minimum Gasteiger partial charge on any atom is -0.398 e. The standard InChI is InChI=1S/C13H10Cl2FN3O/c14-7-4-8(15)6-9(5-7)18-19-13(20)12-10(16)2-1-3-11(12)17/h1-6,18H,17H2,(H,19,20). The van der Waals surface area contributed by atoms with Crippen LogP contribution in [0.1, 0.15) is 10.4 Å². The molecule has 0 saturated carbocycles. The maximum Gasteiger partial charge on any atom is 0.274 e. The second-order valence-corrected chi connectivity index (χ2v) is 4.81. The van der Waals surface area contributed by atoms with Crippen molar-refractivity contribution in [1.29, 1.82) is 0 Å². The number of anilines is 2. The molecule has 7 heteroatoms. The highest BCUT2D eigenvalue weighted by Gasteiger charge is 2.14. The van der Waals surface area contributed by atoms with Gasteiger partial charge < -0.3 is 5.73 Å². The number of nitrogens with one attached hydrogen (secondary N) is 2. The molecule has 0 fully saturated rings. The predicted molar refractivity (Wildman–Crippen MR) is 78.4 cm³/mol. The van der Waals surface area contributed by atoms with Gasteiger partial charge in [0.25, 0.3) is 5.91 Å². The third kappa shape index (κ3) is 3.31. The number of carbonyl (C=O) groups excluding carboxylic acids is 1. The van der Waals surface area contributed by atoms with E-state index in [-0.39, 0.29) is 11.3 Å². The summed E-state index contributed by atoms with van der Waals surface area (Å²) in [4.78, 5) is 11.9. The van der Waals surface area contributed by atoms with Gasteiger partial charge in [0.15, 0.2) is 0 Å². The average molecular weight is 314 g/mol. The molecule has 0 heterocycles. The number of hydrazine groups is 1. The van der Waals surface area contributed by atoms with Crippen LogP contribution in [-0.4, -0.2) is 5.91 Å². The fourth-order valence-corrected chi connectivity index (χ4v) is 2.12. The van der Waals surface area contributed by atoms with Gasteiger partial charge in [0.05, 0.1) is 11.3 Å². The van der Waals surface area contributed by atoms with Crippen molar-refractivity contribution in [3.05, 3.63) is 57.8 Å². The van der Waals surface area contributed by atoms with Crippen LogP contribution < -0.4 is 16.6 Å². The highest BCUT2D eigenvalue weighted by molar-refractivity contribution is 6.35. The summed E-state index contributed by atoms with van der Waals surface area (Å²) in [6.07, 6.45) is 0. The molecule has 2 rings (SSSR count). The lowest BCUT2D eigenvalue weighted by atomic mass is 10.1. The molecule has 4 nitrogen and oxygen atoms in total. The molecule has 0 aliphatic rings. The number of carbonyl (C=O) groups is 1. The van der Waals surface area contributed by atoms with Crippen LogP contribution in [0.5, 0.6) is 0 Å². The molecule has 0 saturated heterocycles. The number of rotatable bonds is 3. The fraction of sp³-hybridized carbons (Fsp3) is 0. The zero-order valence-electron chi connectivity index (χ0n) is 10.1. The number of nitrogens with two attached hydrogens (primary N) is 1. The topological polar surface area (TPSA) is 67.2 Å². The first kappa shape index (κ1) is 14.4. The van der Waals surface area contributed by atoms with Crippen molar-refractivity contribution in [2.24, 2.45) is 0 Å². The van der Waals surface area contributed by atoms with Crippen LogP contribution in [-0.2, 0) is 0 Å². The van der Waals surface area contributed by atoms with Gasteiger partial charge in [-0.3, -0.25) is 15.6 Å². The van der Waals surface area contributed by atoms with E-state index in [1.807, 2.05) is 0 Å². The molecule has 0 radical (unpaired) electrons. The van der Waals surface area contributed by atoms with E-state index in [1.54, 1.807) is 18.2 Å². The SMILES string of the molecule is Nc1cccc(F)c1C(=O)NNc1cc(Cl)cc(Cl)c1. The summed E-state index contributed by atoms with van der Waals surface area (Å²) in [6, 6.07) is 8.67. The lowest BCUT2D eigenvalue weighted by Gasteiger charge is -2.11. The Hall–Kier alpha value is -1.98. The van der Waals surface area contributed by atoms with Crippen molar-refractivity contribution < 1.29 is 9.18 Å². The van der Waals surface area contributed by atoms with E-state index < -0.39 is 11.7 Å². The Morgan fingerprint density at radius 2 is 1.80 bits per heavy atom. The first-order chi connectivity index (χ1) is 9.47. The van der Waals surface area contributed by atoms with Gasteiger partial charge in [-0.2, -0.15) is 0 Å². The molecule has 0 atom stereocenters. The molecule has 0 aromatic heterocycles. The van der Waals surface area contributed by atoms with E-state index >= 15 is 0 Å². The summed E-state index contributed by atoms with van der Waals surface area (Å²) in [5, 5.41) is 0.805. The minimum absolute atomic E-state index is 0.0495. The molecule has 0 spiro atoms. The van der Waals surface area contributed by atoms with Gasteiger partial charge >= 0.3 is 0 Å². The van der Waals surface area contributed by atoms with E-state index in [0.717, 1.165) is 6.07 Å². The summed E-state index contributed by atoms with van der Waals surface area (Å²) in [6.45, 7) is 0. The van der Waals surface area contributed by atoms with Crippen molar-refractivity contribution >= 4 is 40.5 Å². The van der Waals surface area contributed by atoms with Crippen molar-refractivity contribution in [2.75, 3.05) is 11.2 Å². The van der Waals surface area contributed by atoms with Gasteiger partial charge in [-0.05, 0) is 30.3 Å². The zero-order valence-corrected chi connectivity index (χ0v) is 11.6. The third-order valence-electron chi connectivity index (χ3n) is 2.46. The number of hydrogen-bond donors (Lipinski definition) is 3. The maximum atomic E-state index is 13.5. The van der Waals surface area contributed by atoms with Crippen LogP contribution in [0, 0.1) is 5.82 Å². The molecule has 0 unspecified atom stereocenters. The molecule has 1 amide bonds. The third-order valence-corrected chi connectivity index (χ3v) is 2.89. The van der Waals surface area contributed by atoms with Crippen LogP contribution >= 0.6 is 23.2 Å². The highest BCUT2D eigenvalue weighted by Crippen LogP contribution is 2.22. The molecule has 0 aliphatic carbocycles. The summed E-state index contributed by atoms with van der Waals surface area (Å²) in [5.41, 5.74) is 10.8. The summed E-state index contributed by atoms with van der Waals surface area (Å²) >= 11 is 11.6. The first-order valence-corrected chi connectivity index (χ1v) is 6.29. The smallest absolute Gasteiger partial charge is 0.274 e. The Kier molecular flexibility index (Phi) is 4.32. The van der Waals surface area contributed by atoms with Crippen molar-refractivity contribution in [3.63, 3.8) is 0 Å². The quantitative estimate of drug-likeness (QED) is 0.600. The van der Waals surface area contributed by atoms with Crippen LogP contribution in [0.25, 0.3) is 0 Å². The fourth-order valence-electron chi connectivity index (χ4n) is 1.60. The second-order valence-electron chi connectivity index (χ2n) is 3.94. The average Bonchev–Trinajstić information content (AvgIpc) is 2.35. The Bertz CT molecular complexity index is 624. The number of amides is 1. The predicted octanol–water partition coefficient (Wildman–Crippen LogP) is 3.47. The van der Waals surface area contributed by atoms with Gasteiger partial charge in [-0.15, -0.1) is 0 Å². The normalized spacial score (nSPS) is 10.2. The zero-order chi connectivity index (χ0) is 14.7. The van der Waals surface area contributed by atoms with E-state index in [0.29, 0.717) is 15.7 Å². The summed E-state index contributed by atoms with van der Waals surface area (Å²) in [5.74, 6) is -1.40. The van der Waals surface area contributed by atoms with Crippen LogP contribution in [0.3, 0.4) is 0 Å². The van der Waals surface area contributed by atoms with Crippen molar-refractivity contribution in [2.45, 2.75) is 0 Å². The number of halogens is 3. The van der Waals surface area contributed by atoms with E-state index in [2.05, 4.69) is 10.9 Å². The Labute approximate surface area is 124 Å². The van der Waals surface area contributed by atoms with Crippen molar-refractivity contribution in [3.8, 4) is 0 Å². The van der Waals surface area contributed by atoms with Crippen LogP contribution in [0.2, 0.25) is 10.0 Å². The maximum absolute atomic E-state index is 13.5. The number of benzene rings is 2. The largest absolute Gasteiger partial charge is 0.398 e. The minimum atomic E-state index is -0.701. The molecule has 4 N–H and O–H groups in total. The Balaban J connectivity index is 2.13. The van der Waals surface area contributed by atoms with Crippen molar-refractivity contribution in [1.82, 2.24) is 5.43 Å². The molecule has 0 aliphatic heterocycles. The van der Waals surface area contributed by atoms with E-state index in [9.17, 15) is 9.18 Å². The van der Waals surface area contributed by atoms with Gasteiger partial charge in [-0.25, -0.2) is 4.39 Å². The molecule has 2 aromatic rings. The molecule has 20 heavy (non-hydrogen) atoms. The number of hydrogen-bond acceptors (Lipinski definition) is 3. The Morgan fingerprint density at radius 3 is 2.40 bits per heavy atom. The van der Waals surface area contributed by atoms with Gasteiger partial charge in [0, 0.05) is 15.7 Å². The molecule has 104 valence electrons. The second kappa shape index (κ2) is 5.98. The molecular formula is C13H10Cl2FN3O. The molecule has 2 aromatic carbocycles. The first-order valence-electron chi connectivity index (χ1n) is 5.54. The lowest BCUT2D eigenvalue weighted by molar-refractivity contribution is 0.0959. The van der Waals surface area contributed by atoms with Gasteiger partial charge in [0.2, 0.25) is 0 Å². The lowest BCUT2D eigenvalue weighted by Crippen LogP contribution is -2.30. The summed E-state index contributed by atoms with van der Waals surface area (Å²) < 4.78 is 13.5. The van der Waals surface area contributed by atoms with Crippen LogP contribution in [0.15, 0.2) is 36.4 Å². The van der Waals surface area contributed by atoms with E-state index in [4.69, 9.17) is 28.9 Å². The molecular weight excluding hydrogens is 304 g/mol. The van der Waals surface area contributed by atoms with E-state index in [1.165, 1.54) is 12.1 Å². The number of nitrogen functional groups attached to an aromatic ring is 1. The van der Waals surface area contributed by atoms with Crippen LogP contribution in [0.4, 0.5) is 15.8 Å². The van der Waals surface area contributed by atoms with Gasteiger partial charge in [0.1, 0.15) is 5.82 Å². The Morgan fingerprint density at radius 1 is 1.15 bits per heavy atom. The highest BCUT2D eigenvalue weighted by atomic mass is 35.5. The van der Waals surface area contributed by atoms with Gasteiger partial charge in [-0.1, -0.05) is 29.3 Å². The summed E-state index contributed by atoms with van der Waals surface area (Å²) in [7, 11) is 0. The monoisotopic (exact) mass is 313 g/mol. The molecule has 0 bridgehead atoms.